The maximum absolute atomic E-state index is 12.5. The molecule has 0 aliphatic rings. The number of aliphatic hydroxyl groups is 1. The lowest BCUT2D eigenvalue weighted by atomic mass is 10.1. The van der Waals surface area contributed by atoms with Gasteiger partial charge in [0.05, 0.1) is 26.1 Å². The summed E-state index contributed by atoms with van der Waals surface area (Å²) in [5.41, 5.74) is 7.65. The number of rotatable bonds is 25. The van der Waals surface area contributed by atoms with Crippen LogP contribution in [0.2, 0.25) is 0 Å². The number of benzene rings is 2. The van der Waals surface area contributed by atoms with Crippen LogP contribution >= 0.6 is 21.6 Å². The van der Waals surface area contributed by atoms with E-state index in [0.29, 0.717) is 51.7 Å². The first-order valence-electron chi connectivity index (χ1n) is 16.8. The van der Waals surface area contributed by atoms with Crippen molar-refractivity contribution in [1.29, 1.82) is 0 Å². The van der Waals surface area contributed by atoms with E-state index < -0.39 is 6.10 Å². The van der Waals surface area contributed by atoms with Gasteiger partial charge >= 0.3 is 23.9 Å². The zero-order valence-electron chi connectivity index (χ0n) is 28.9. The Morgan fingerprint density at radius 1 is 0.714 bits per heavy atom. The lowest BCUT2D eigenvalue weighted by molar-refractivity contribution is -0.151. The van der Waals surface area contributed by atoms with Crippen molar-refractivity contribution in [2.75, 3.05) is 45.2 Å². The molecule has 13 heteroatoms. The minimum absolute atomic E-state index is 0.0696. The number of carbonyl (C=O) groups is 4. The van der Waals surface area contributed by atoms with Crippen molar-refractivity contribution in [3.8, 4) is 0 Å². The van der Waals surface area contributed by atoms with E-state index in [0.717, 1.165) is 33.9 Å². The number of carbonyl (C=O) groups excluding carboxylic acids is 4. The fraction of sp³-hybridized carbons (Fsp3) is 0.556. The summed E-state index contributed by atoms with van der Waals surface area (Å²) in [7, 11) is 3.36. The predicted octanol–water partition coefficient (Wildman–Crippen LogP) is 6.00. The molecule has 0 bridgehead atoms. The number of aryl methyl sites for hydroxylation is 1. The average molecular weight is 721 g/mol. The van der Waals surface area contributed by atoms with E-state index in [1.165, 1.54) is 6.92 Å². The first-order valence-corrected chi connectivity index (χ1v) is 19.0. The van der Waals surface area contributed by atoms with Gasteiger partial charge in [0.15, 0.2) is 0 Å². The maximum atomic E-state index is 12.5. The van der Waals surface area contributed by atoms with Crippen LogP contribution < -0.4 is 5.73 Å². The minimum atomic E-state index is -0.415. The van der Waals surface area contributed by atoms with E-state index in [1.54, 1.807) is 35.4 Å². The van der Waals surface area contributed by atoms with E-state index in [4.69, 9.17) is 29.8 Å². The van der Waals surface area contributed by atoms with E-state index >= 15 is 0 Å². The summed E-state index contributed by atoms with van der Waals surface area (Å²) in [6.45, 7) is 6.63. The summed E-state index contributed by atoms with van der Waals surface area (Å²) >= 11 is 0. The topological polar surface area (TPSA) is 155 Å². The molecule has 0 aliphatic heterocycles. The highest BCUT2D eigenvalue weighted by atomic mass is 33.1. The predicted molar refractivity (Wildman–Crippen MR) is 192 cm³/mol. The second-order valence-electron chi connectivity index (χ2n) is 11.7. The number of ether oxygens (including phenoxy) is 4. The van der Waals surface area contributed by atoms with Crippen LogP contribution in [-0.2, 0) is 44.5 Å². The van der Waals surface area contributed by atoms with Crippen molar-refractivity contribution in [2.24, 2.45) is 0 Å². The molecule has 272 valence electrons. The Morgan fingerprint density at radius 3 is 1.82 bits per heavy atom. The van der Waals surface area contributed by atoms with Gasteiger partial charge in [-0.15, -0.1) is 0 Å². The molecule has 0 fully saturated rings. The van der Waals surface area contributed by atoms with Gasteiger partial charge in [0.1, 0.15) is 12.2 Å². The highest BCUT2D eigenvalue weighted by Crippen LogP contribution is 2.37. The number of hydrogen-bond acceptors (Lipinski definition) is 13. The summed E-state index contributed by atoms with van der Waals surface area (Å²) in [5, 5.41) is 9.13. The third-order valence-electron chi connectivity index (χ3n) is 7.31. The summed E-state index contributed by atoms with van der Waals surface area (Å²) in [6.07, 6.45) is 3.44. The number of esters is 4. The molecule has 49 heavy (non-hydrogen) atoms. The zero-order chi connectivity index (χ0) is 35.9. The average Bonchev–Trinajstić information content (AvgIpc) is 3.05. The van der Waals surface area contributed by atoms with Gasteiger partial charge in [0, 0.05) is 61.4 Å². The number of nitrogens with zero attached hydrogens (tertiary/aromatic N) is 1. The molecule has 2 unspecified atom stereocenters. The number of nitrogen functional groups attached to an aromatic ring is 1. The molecular weight excluding hydrogens is 669 g/mol. The van der Waals surface area contributed by atoms with Gasteiger partial charge in [-0.25, -0.2) is 0 Å². The number of anilines is 1. The second-order valence-corrected chi connectivity index (χ2v) is 14.0. The van der Waals surface area contributed by atoms with Gasteiger partial charge in [-0.2, -0.15) is 0 Å². The monoisotopic (exact) mass is 720 g/mol. The number of nitrogens with two attached hydrogens (primary N) is 1. The Morgan fingerprint density at radius 2 is 1.24 bits per heavy atom. The number of unbranched alkanes of at least 4 members (excludes halogenated alkanes) is 1. The van der Waals surface area contributed by atoms with Gasteiger partial charge in [0.25, 0.3) is 0 Å². The van der Waals surface area contributed by atoms with E-state index in [-0.39, 0.29) is 62.6 Å². The molecule has 2 rings (SSSR count). The third kappa shape index (κ3) is 20.8. The summed E-state index contributed by atoms with van der Waals surface area (Å²) in [4.78, 5) is 52.2. The van der Waals surface area contributed by atoms with Crippen LogP contribution in [-0.4, -0.2) is 85.5 Å². The largest absolute Gasteiger partial charge is 0.466 e. The quantitative estimate of drug-likeness (QED) is 0.0406. The molecule has 0 aliphatic carbocycles. The van der Waals surface area contributed by atoms with Gasteiger partial charge in [0.2, 0.25) is 0 Å². The first kappa shape index (κ1) is 41.9. The Hall–Kier alpha value is -3.26. The summed E-state index contributed by atoms with van der Waals surface area (Å²) < 4.78 is 21.1. The minimum Gasteiger partial charge on any atom is -0.466 e. The van der Waals surface area contributed by atoms with Crippen LogP contribution in [0.5, 0.6) is 0 Å². The van der Waals surface area contributed by atoms with Crippen LogP contribution in [0.3, 0.4) is 0 Å². The molecule has 2 atom stereocenters. The van der Waals surface area contributed by atoms with Crippen molar-refractivity contribution < 1.29 is 43.2 Å². The van der Waals surface area contributed by atoms with Crippen molar-refractivity contribution >= 4 is 51.2 Å². The molecule has 0 saturated carbocycles. The fourth-order valence-corrected chi connectivity index (χ4v) is 6.49. The van der Waals surface area contributed by atoms with Crippen LogP contribution in [0.25, 0.3) is 0 Å². The normalized spacial score (nSPS) is 12.3. The van der Waals surface area contributed by atoms with Crippen LogP contribution in [0, 0.1) is 0 Å². The second kappa shape index (κ2) is 24.8. The van der Waals surface area contributed by atoms with Gasteiger partial charge in [-0.1, -0.05) is 33.7 Å². The summed E-state index contributed by atoms with van der Waals surface area (Å²) in [6, 6.07) is 16.1. The molecule has 0 heterocycles. The first-order chi connectivity index (χ1) is 23.5. The molecule has 11 nitrogen and oxygen atoms in total. The zero-order valence-corrected chi connectivity index (χ0v) is 30.6. The Labute approximate surface area is 298 Å². The SMILES string of the molecule is CC(=O)OC(C)CCOC(=O)CCN(CCCCO)CCC(=O)OC(C)CCOC(=O)CCCc1ccc(SSc2ccc(N)cc2)cc1. The molecule has 0 aromatic heterocycles. The van der Waals surface area contributed by atoms with Crippen molar-refractivity contribution in [2.45, 2.75) is 101 Å². The van der Waals surface area contributed by atoms with Gasteiger partial charge in [-0.05, 0) is 88.0 Å². The van der Waals surface area contributed by atoms with Gasteiger partial charge in [-0.3, -0.25) is 19.2 Å². The lowest BCUT2D eigenvalue weighted by Gasteiger charge is -2.22. The molecular formula is C36H52N2O9S2. The molecule has 0 amide bonds. The molecule has 0 saturated heterocycles. The Balaban J connectivity index is 1.59. The van der Waals surface area contributed by atoms with Crippen LogP contribution in [0.1, 0.15) is 77.7 Å². The lowest BCUT2D eigenvalue weighted by Crippen LogP contribution is -2.31. The fourth-order valence-electron chi connectivity index (χ4n) is 4.56. The highest BCUT2D eigenvalue weighted by molar-refractivity contribution is 8.76. The summed E-state index contributed by atoms with van der Waals surface area (Å²) in [5.74, 6) is -1.40. The number of aliphatic hydroxyl groups excluding tert-OH is 1. The molecule has 0 radical (unpaired) electrons. The van der Waals surface area contributed by atoms with Gasteiger partial charge < -0.3 is 34.7 Å². The molecule has 0 spiro atoms. The smallest absolute Gasteiger partial charge is 0.307 e. The Bertz CT molecular complexity index is 1260. The van der Waals surface area contributed by atoms with E-state index in [2.05, 4.69) is 24.3 Å². The van der Waals surface area contributed by atoms with Crippen molar-refractivity contribution in [3.05, 3.63) is 54.1 Å². The Kier molecular flexibility index (Phi) is 21.2. The molecule has 2 aromatic rings. The standard InChI is InChI=1S/C36H52N2O9S2/c1-27(46-29(3)40)19-25-45-35(42)17-22-38(21-4-5-24-39)23-18-36(43)47-28(2)20-26-44-34(41)8-6-7-30-9-13-32(14-10-30)48-49-33-15-11-31(37)12-16-33/h9-16,27-28,39H,4-8,17-26,37H2,1-3H3. The van der Waals surface area contributed by atoms with E-state index in [9.17, 15) is 19.2 Å². The molecule has 2 aromatic carbocycles. The third-order valence-corrected chi connectivity index (χ3v) is 9.72. The van der Waals surface area contributed by atoms with E-state index in [1.807, 2.05) is 29.2 Å². The van der Waals surface area contributed by atoms with Crippen molar-refractivity contribution in [3.63, 3.8) is 0 Å². The number of hydrogen-bond donors (Lipinski definition) is 2. The van der Waals surface area contributed by atoms with Crippen molar-refractivity contribution in [1.82, 2.24) is 4.90 Å². The van der Waals surface area contributed by atoms with Crippen LogP contribution in [0.15, 0.2) is 58.3 Å². The highest BCUT2D eigenvalue weighted by Gasteiger charge is 2.15. The van der Waals surface area contributed by atoms with Crippen LogP contribution in [0.4, 0.5) is 5.69 Å². The molecule has 3 N–H and O–H groups in total. The maximum Gasteiger partial charge on any atom is 0.307 e.